The summed E-state index contributed by atoms with van der Waals surface area (Å²) in [6.07, 6.45) is 1.59. The Morgan fingerprint density at radius 3 is 2.70 bits per heavy atom. The van der Waals surface area contributed by atoms with Gasteiger partial charge in [-0.3, -0.25) is 4.79 Å². The molecule has 0 aliphatic carbocycles. The Morgan fingerprint density at radius 2 is 1.96 bits per heavy atom. The number of hydrogen-bond donors (Lipinski definition) is 1. The molecule has 1 N–H and O–H groups in total. The normalized spacial score (nSPS) is 19.4. The van der Waals surface area contributed by atoms with Crippen molar-refractivity contribution >= 4 is 12.0 Å². The van der Waals surface area contributed by atoms with E-state index in [0.717, 1.165) is 12.8 Å². The number of nitrogens with one attached hydrogen (secondary N) is 1. The first kappa shape index (κ1) is 19.3. The lowest BCUT2D eigenvalue weighted by Crippen LogP contribution is -2.45. The van der Waals surface area contributed by atoms with E-state index in [1.807, 2.05) is 20.8 Å². The minimum absolute atomic E-state index is 0.152. The fraction of sp³-hybridized carbons (Fsp3) is 0.600. The number of hydrogen-bond acceptors (Lipinski definition) is 5. The van der Waals surface area contributed by atoms with Crippen molar-refractivity contribution in [3.05, 3.63) is 23.8 Å². The first-order valence-corrected chi connectivity index (χ1v) is 9.47. The number of amides is 2. The summed E-state index contributed by atoms with van der Waals surface area (Å²) in [4.78, 5) is 26.4. The van der Waals surface area contributed by atoms with Gasteiger partial charge in [0.1, 0.15) is 18.8 Å². The monoisotopic (exact) mass is 376 g/mol. The van der Waals surface area contributed by atoms with Crippen LogP contribution in [0.3, 0.4) is 0 Å². The van der Waals surface area contributed by atoms with Crippen LogP contribution in [-0.4, -0.2) is 55.3 Å². The van der Waals surface area contributed by atoms with Gasteiger partial charge in [0.05, 0.1) is 0 Å². The van der Waals surface area contributed by atoms with E-state index in [1.165, 1.54) is 0 Å². The van der Waals surface area contributed by atoms with E-state index in [-0.39, 0.29) is 17.9 Å². The smallest absolute Gasteiger partial charge is 0.410 e. The fourth-order valence-electron chi connectivity index (χ4n) is 3.25. The molecule has 0 radical (unpaired) electrons. The van der Waals surface area contributed by atoms with Crippen LogP contribution in [-0.2, 0) is 4.74 Å². The minimum Gasteiger partial charge on any atom is -0.486 e. The van der Waals surface area contributed by atoms with Crippen molar-refractivity contribution in [2.24, 2.45) is 5.92 Å². The molecule has 0 saturated carbocycles. The van der Waals surface area contributed by atoms with E-state index >= 15 is 0 Å². The van der Waals surface area contributed by atoms with Gasteiger partial charge < -0.3 is 24.4 Å². The largest absolute Gasteiger partial charge is 0.486 e. The van der Waals surface area contributed by atoms with Crippen molar-refractivity contribution in [3.63, 3.8) is 0 Å². The van der Waals surface area contributed by atoms with Crippen molar-refractivity contribution in [1.82, 2.24) is 10.2 Å². The number of piperidine rings is 1. The van der Waals surface area contributed by atoms with E-state index in [2.05, 4.69) is 5.32 Å². The molecule has 1 aromatic carbocycles. The molecule has 2 aliphatic heterocycles. The molecule has 1 aromatic rings. The Balaban J connectivity index is 1.52. The summed E-state index contributed by atoms with van der Waals surface area (Å²) in [6.45, 7) is 8.40. The third-order valence-electron chi connectivity index (χ3n) is 4.53. The van der Waals surface area contributed by atoms with Gasteiger partial charge in [0.25, 0.3) is 5.91 Å². The second-order valence-corrected chi connectivity index (χ2v) is 8.00. The Labute approximate surface area is 160 Å². The molecule has 27 heavy (non-hydrogen) atoms. The maximum Gasteiger partial charge on any atom is 0.410 e. The lowest BCUT2D eigenvalue weighted by molar-refractivity contribution is 0.0167. The van der Waals surface area contributed by atoms with Crippen molar-refractivity contribution in [2.45, 2.75) is 39.2 Å². The zero-order valence-corrected chi connectivity index (χ0v) is 16.2. The topological polar surface area (TPSA) is 77.1 Å². The van der Waals surface area contributed by atoms with Gasteiger partial charge >= 0.3 is 6.09 Å². The zero-order chi connectivity index (χ0) is 19.4. The third kappa shape index (κ3) is 5.28. The van der Waals surface area contributed by atoms with E-state index in [4.69, 9.17) is 14.2 Å². The molecule has 0 spiro atoms. The lowest BCUT2D eigenvalue weighted by atomic mass is 9.98. The molecule has 1 fully saturated rings. The summed E-state index contributed by atoms with van der Waals surface area (Å²) in [5.41, 5.74) is 0.0373. The Morgan fingerprint density at radius 1 is 1.22 bits per heavy atom. The highest BCUT2D eigenvalue weighted by Crippen LogP contribution is 2.30. The van der Waals surface area contributed by atoms with Crippen LogP contribution in [0, 0.1) is 5.92 Å². The van der Waals surface area contributed by atoms with E-state index < -0.39 is 5.60 Å². The van der Waals surface area contributed by atoms with Gasteiger partial charge in [0.15, 0.2) is 11.5 Å². The van der Waals surface area contributed by atoms with Crippen LogP contribution in [0.1, 0.15) is 44.0 Å². The molecular formula is C20H28N2O5. The van der Waals surface area contributed by atoms with Gasteiger partial charge in [-0.1, -0.05) is 0 Å². The van der Waals surface area contributed by atoms with Crippen LogP contribution in [0.25, 0.3) is 0 Å². The van der Waals surface area contributed by atoms with Crippen molar-refractivity contribution in [3.8, 4) is 11.5 Å². The maximum atomic E-state index is 12.5. The second-order valence-electron chi connectivity index (χ2n) is 8.00. The Kier molecular flexibility index (Phi) is 5.77. The first-order chi connectivity index (χ1) is 12.8. The summed E-state index contributed by atoms with van der Waals surface area (Å²) in [5.74, 6) is 1.33. The number of rotatable bonds is 3. The van der Waals surface area contributed by atoms with Crippen molar-refractivity contribution in [1.29, 1.82) is 0 Å². The van der Waals surface area contributed by atoms with Crippen molar-refractivity contribution in [2.75, 3.05) is 32.8 Å². The average Bonchev–Trinajstić information content (AvgIpc) is 2.64. The molecular weight excluding hydrogens is 348 g/mol. The van der Waals surface area contributed by atoms with Gasteiger partial charge in [-0.25, -0.2) is 4.79 Å². The van der Waals surface area contributed by atoms with Gasteiger partial charge in [-0.15, -0.1) is 0 Å². The quantitative estimate of drug-likeness (QED) is 0.878. The van der Waals surface area contributed by atoms with Crippen LogP contribution in [0.15, 0.2) is 18.2 Å². The molecule has 1 saturated heterocycles. The maximum absolute atomic E-state index is 12.5. The summed E-state index contributed by atoms with van der Waals surface area (Å²) in [7, 11) is 0. The zero-order valence-electron chi connectivity index (χ0n) is 16.2. The van der Waals surface area contributed by atoms with E-state index in [9.17, 15) is 9.59 Å². The number of fused-ring (bicyclic) bond motifs is 1. The minimum atomic E-state index is -0.503. The molecule has 7 heteroatoms. The molecule has 2 amide bonds. The molecule has 7 nitrogen and oxygen atoms in total. The van der Waals surface area contributed by atoms with Gasteiger partial charge in [0.2, 0.25) is 0 Å². The molecule has 2 aliphatic rings. The van der Waals surface area contributed by atoms with Crippen molar-refractivity contribution < 1.29 is 23.8 Å². The predicted octanol–water partition coefficient (Wildman–Crippen LogP) is 2.83. The number of ether oxygens (including phenoxy) is 3. The van der Waals surface area contributed by atoms with Gasteiger partial charge in [-0.05, 0) is 57.7 Å². The molecule has 0 unspecified atom stereocenters. The highest BCUT2D eigenvalue weighted by molar-refractivity contribution is 5.94. The third-order valence-corrected chi connectivity index (χ3v) is 4.53. The highest BCUT2D eigenvalue weighted by atomic mass is 16.6. The highest BCUT2D eigenvalue weighted by Gasteiger charge is 2.28. The summed E-state index contributed by atoms with van der Waals surface area (Å²) < 4.78 is 16.4. The molecule has 0 aromatic heterocycles. The Hall–Kier alpha value is -2.44. The van der Waals surface area contributed by atoms with Gasteiger partial charge in [-0.2, -0.15) is 0 Å². The number of nitrogens with zero attached hydrogens (tertiary/aromatic N) is 1. The van der Waals surface area contributed by atoms with Crippen LogP contribution in [0.4, 0.5) is 4.79 Å². The fourth-order valence-corrected chi connectivity index (χ4v) is 3.25. The summed E-state index contributed by atoms with van der Waals surface area (Å²) >= 11 is 0. The molecule has 148 valence electrons. The van der Waals surface area contributed by atoms with E-state index in [1.54, 1.807) is 23.1 Å². The number of benzene rings is 1. The standard InChI is InChI=1S/C20H28N2O5/c1-20(2,3)27-19(24)22-8-4-5-14(13-22)12-21-18(23)15-6-7-16-17(11-15)26-10-9-25-16/h6-7,11,14H,4-5,8-10,12-13H2,1-3H3,(H,21,23)/t14-/m0/s1. The van der Waals surface area contributed by atoms with Crippen LogP contribution >= 0.6 is 0 Å². The number of carbonyl (C=O) groups excluding carboxylic acids is 2. The van der Waals surface area contributed by atoms with Crippen LogP contribution < -0.4 is 14.8 Å². The van der Waals surface area contributed by atoms with Crippen LogP contribution in [0.2, 0.25) is 0 Å². The first-order valence-electron chi connectivity index (χ1n) is 9.47. The molecule has 1 atom stereocenters. The molecule has 2 heterocycles. The number of likely N-dealkylation sites (tertiary alicyclic amines) is 1. The lowest BCUT2D eigenvalue weighted by Gasteiger charge is -2.34. The van der Waals surface area contributed by atoms with E-state index in [0.29, 0.717) is 49.9 Å². The molecule has 0 bridgehead atoms. The average molecular weight is 376 g/mol. The Bertz CT molecular complexity index is 698. The SMILES string of the molecule is CC(C)(C)OC(=O)N1CCC[C@@H](CNC(=O)c2ccc3c(c2)OCCO3)C1. The van der Waals surface area contributed by atoms with Gasteiger partial charge in [0, 0.05) is 25.2 Å². The molecule has 3 rings (SSSR count). The summed E-state index contributed by atoms with van der Waals surface area (Å²) in [6, 6.07) is 5.20. The second kappa shape index (κ2) is 8.06. The predicted molar refractivity (Wildman–Crippen MR) is 100 cm³/mol. The number of carbonyl (C=O) groups is 2. The van der Waals surface area contributed by atoms with Crippen LogP contribution in [0.5, 0.6) is 11.5 Å². The summed E-state index contributed by atoms with van der Waals surface area (Å²) in [5, 5.41) is 2.97.